The van der Waals surface area contributed by atoms with Crippen molar-refractivity contribution in [2.75, 3.05) is 0 Å². The zero-order valence-electron chi connectivity index (χ0n) is 2.34. The van der Waals surface area contributed by atoms with E-state index < -0.39 is 0 Å². The maximum Gasteiger partial charge on any atom is 0.128 e. The molecule has 4 heteroatoms. The normalized spacial score (nSPS) is 5.00. The largest absolute Gasteiger partial charge is 0.385 e. The molecule has 0 aromatic rings. The summed E-state index contributed by atoms with van der Waals surface area (Å²) in [6.45, 7) is 0. The third-order valence-electron chi connectivity index (χ3n) is 0. The van der Waals surface area contributed by atoms with Crippen molar-refractivity contribution in [1.82, 2.24) is 0 Å². The van der Waals surface area contributed by atoms with Gasteiger partial charge in [0, 0.05) is 17.4 Å². The van der Waals surface area contributed by atoms with E-state index in [-0.39, 0.29) is 21.7 Å². The summed E-state index contributed by atoms with van der Waals surface area (Å²) >= 11 is 7.65. The van der Waals surface area contributed by atoms with Crippen LogP contribution >= 0.6 is 24.8 Å². The minimum atomic E-state index is 0. The molecule has 0 aliphatic rings. The summed E-state index contributed by atoms with van der Waals surface area (Å²) in [5.74, 6) is 0. The summed E-state index contributed by atoms with van der Waals surface area (Å²) in [5, 5.41) is 0. The van der Waals surface area contributed by atoms with Crippen molar-refractivity contribution in [3.8, 4) is 0 Å². The SMILES string of the molecule is NC(=S)S.[Cr]. The van der Waals surface area contributed by atoms with Crippen LogP contribution < -0.4 is 5.73 Å². The van der Waals surface area contributed by atoms with E-state index in [0.29, 0.717) is 0 Å². The first-order valence-electron chi connectivity index (χ1n) is 0.716. The van der Waals surface area contributed by atoms with Gasteiger partial charge in [0.25, 0.3) is 0 Å². The molecule has 0 radical (unpaired) electrons. The first kappa shape index (κ1) is 9.24. The van der Waals surface area contributed by atoms with E-state index in [0.717, 1.165) is 0 Å². The van der Waals surface area contributed by atoms with Gasteiger partial charge in [0.15, 0.2) is 0 Å². The summed E-state index contributed by atoms with van der Waals surface area (Å²) in [5.41, 5.74) is 4.71. The second-order valence-electron chi connectivity index (χ2n) is 0.338. The third-order valence-corrected chi connectivity index (χ3v) is 0. The zero-order valence-corrected chi connectivity index (χ0v) is 5.33. The van der Waals surface area contributed by atoms with Crippen molar-refractivity contribution >= 4 is 29.2 Å². The van der Waals surface area contributed by atoms with Crippen LogP contribution in [0.5, 0.6) is 0 Å². The number of thiocarbonyl (C=S) groups is 1. The molecule has 0 aliphatic carbocycles. The maximum absolute atomic E-state index is 4.71. The second-order valence-corrected chi connectivity index (χ2v) is 1.56. The van der Waals surface area contributed by atoms with Crippen molar-refractivity contribution < 1.29 is 17.4 Å². The summed E-state index contributed by atoms with van der Waals surface area (Å²) in [7, 11) is 0. The number of nitrogens with two attached hydrogens (primary N) is 1. The molecule has 0 rings (SSSR count). The van der Waals surface area contributed by atoms with Crippen LogP contribution in [0, 0.1) is 0 Å². The molecular weight excluding hydrogens is 142 g/mol. The summed E-state index contributed by atoms with van der Waals surface area (Å²) in [6, 6.07) is 0. The third kappa shape index (κ3) is 61.5. The zero-order chi connectivity index (χ0) is 3.58. The van der Waals surface area contributed by atoms with Gasteiger partial charge in [-0.25, -0.2) is 0 Å². The molecule has 0 bridgehead atoms. The Morgan fingerprint density at radius 3 is 1.80 bits per heavy atom. The molecule has 0 spiro atoms. The van der Waals surface area contributed by atoms with Gasteiger partial charge in [-0.15, -0.1) is 12.6 Å². The number of hydrogen-bond acceptors (Lipinski definition) is 1. The van der Waals surface area contributed by atoms with Crippen LogP contribution in [-0.4, -0.2) is 4.32 Å². The molecule has 5 heavy (non-hydrogen) atoms. The van der Waals surface area contributed by atoms with Crippen molar-refractivity contribution in [2.24, 2.45) is 5.73 Å². The Kier molecular flexibility index (Phi) is 8.82. The fourth-order valence-electron chi connectivity index (χ4n) is 0. The first-order chi connectivity index (χ1) is 1.73. The van der Waals surface area contributed by atoms with E-state index in [4.69, 9.17) is 5.73 Å². The Morgan fingerprint density at radius 2 is 1.80 bits per heavy atom. The average Bonchev–Trinajstić information content (AvgIpc) is 0.811. The van der Waals surface area contributed by atoms with Crippen LogP contribution in [0.4, 0.5) is 0 Å². The molecular formula is CH3CrNS2. The van der Waals surface area contributed by atoms with Crippen molar-refractivity contribution in [3.63, 3.8) is 0 Å². The summed E-state index contributed by atoms with van der Waals surface area (Å²) < 4.78 is 0.194. The molecule has 2 N–H and O–H groups in total. The standard InChI is InChI=1S/CH3NS2.Cr/c2-1(3)4;/h(H3,2,3,4);. The molecule has 1 nitrogen and oxygen atoms in total. The van der Waals surface area contributed by atoms with Crippen LogP contribution in [0.3, 0.4) is 0 Å². The maximum atomic E-state index is 4.71. The topological polar surface area (TPSA) is 26.0 Å². The quantitative estimate of drug-likeness (QED) is 0.375. The molecule has 0 unspecified atom stereocenters. The summed E-state index contributed by atoms with van der Waals surface area (Å²) in [4.78, 5) is 0. The molecule has 0 aliphatic heterocycles. The molecule has 30 valence electrons. The van der Waals surface area contributed by atoms with Gasteiger partial charge in [-0.05, 0) is 0 Å². The molecule has 0 saturated heterocycles. The molecule has 0 amide bonds. The van der Waals surface area contributed by atoms with E-state index in [2.05, 4.69) is 24.8 Å². The predicted octanol–water partition coefficient (Wildman–Crippen LogP) is 0.157. The number of hydrogen-bond donors (Lipinski definition) is 2. The van der Waals surface area contributed by atoms with Gasteiger partial charge in [0.05, 0.1) is 0 Å². The van der Waals surface area contributed by atoms with Gasteiger partial charge in [0.2, 0.25) is 0 Å². The van der Waals surface area contributed by atoms with Crippen LogP contribution in [0.25, 0.3) is 0 Å². The van der Waals surface area contributed by atoms with Gasteiger partial charge >= 0.3 is 0 Å². The molecule has 0 saturated carbocycles. The van der Waals surface area contributed by atoms with E-state index in [1.165, 1.54) is 0 Å². The molecule has 0 fully saturated rings. The Morgan fingerprint density at radius 1 is 1.80 bits per heavy atom. The minimum absolute atomic E-state index is 0. The molecule has 0 aromatic carbocycles. The predicted molar refractivity (Wildman–Crippen MR) is 25.8 cm³/mol. The van der Waals surface area contributed by atoms with E-state index in [9.17, 15) is 0 Å². The van der Waals surface area contributed by atoms with Crippen molar-refractivity contribution in [1.29, 1.82) is 0 Å². The Balaban J connectivity index is 0. The van der Waals surface area contributed by atoms with Gasteiger partial charge in [0.1, 0.15) is 4.32 Å². The Bertz CT molecular complexity index is 32.6. The smallest absolute Gasteiger partial charge is 0.128 e. The fourth-order valence-corrected chi connectivity index (χ4v) is 0. The fraction of sp³-hybridized carbons (Fsp3) is 0. The number of rotatable bonds is 0. The number of thiol groups is 1. The van der Waals surface area contributed by atoms with Crippen LogP contribution in [-0.2, 0) is 17.4 Å². The second kappa shape index (κ2) is 4.77. The van der Waals surface area contributed by atoms with E-state index in [1.54, 1.807) is 0 Å². The molecule has 0 heterocycles. The van der Waals surface area contributed by atoms with Gasteiger partial charge in [-0.2, -0.15) is 0 Å². The van der Waals surface area contributed by atoms with Crippen molar-refractivity contribution in [2.45, 2.75) is 0 Å². The minimum Gasteiger partial charge on any atom is -0.385 e. The van der Waals surface area contributed by atoms with E-state index >= 15 is 0 Å². The average molecular weight is 145 g/mol. The van der Waals surface area contributed by atoms with Gasteiger partial charge in [-0.1, -0.05) is 12.2 Å². The van der Waals surface area contributed by atoms with Crippen molar-refractivity contribution in [3.05, 3.63) is 0 Å². The van der Waals surface area contributed by atoms with Gasteiger partial charge in [-0.3, -0.25) is 0 Å². The van der Waals surface area contributed by atoms with Crippen LogP contribution in [0.15, 0.2) is 0 Å². The van der Waals surface area contributed by atoms with Crippen LogP contribution in [0.1, 0.15) is 0 Å². The van der Waals surface area contributed by atoms with Gasteiger partial charge < -0.3 is 5.73 Å². The molecule has 0 aromatic heterocycles. The Hall–Kier alpha value is 0.772. The van der Waals surface area contributed by atoms with Crippen LogP contribution in [0.2, 0.25) is 0 Å². The van der Waals surface area contributed by atoms with E-state index in [1.807, 2.05) is 0 Å². The molecule has 0 atom stereocenters. The first-order valence-corrected chi connectivity index (χ1v) is 1.57. The monoisotopic (exact) mass is 145 g/mol. The summed E-state index contributed by atoms with van der Waals surface area (Å²) in [6.07, 6.45) is 0. The Labute approximate surface area is 52.5 Å².